The van der Waals surface area contributed by atoms with Gasteiger partial charge in [0.1, 0.15) is 5.60 Å². The van der Waals surface area contributed by atoms with Crippen molar-refractivity contribution in [1.82, 2.24) is 24.9 Å². The zero-order valence-electron chi connectivity index (χ0n) is 20.6. The van der Waals surface area contributed by atoms with Gasteiger partial charge >= 0.3 is 6.09 Å². The molecule has 2 aliphatic rings. The number of amides is 2. The smallest absolute Gasteiger partial charge is 0.410 e. The van der Waals surface area contributed by atoms with Crippen molar-refractivity contribution in [3.05, 3.63) is 34.5 Å². The monoisotopic (exact) mass is 486 g/mol. The molecule has 0 saturated carbocycles. The highest BCUT2D eigenvalue weighted by molar-refractivity contribution is 5.81. The van der Waals surface area contributed by atoms with Crippen LogP contribution in [0, 0.1) is 16.0 Å². The van der Waals surface area contributed by atoms with Gasteiger partial charge in [0, 0.05) is 49.7 Å². The fourth-order valence-electron chi connectivity index (χ4n) is 4.78. The molecule has 0 unspecified atom stereocenters. The van der Waals surface area contributed by atoms with Gasteiger partial charge in [-0.1, -0.05) is 0 Å². The van der Waals surface area contributed by atoms with Gasteiger partial charge in [-0.25, -0.2) is 4.79 Å². The molecule has 2 fully saturated rings. The molecule has 0 bridgehead atoms. The Kier molecular flexibility index (Phi) is 7.25. The van der Waals surface area contributed by atoms with Crippen LogP contribution in [0.1, 0.15) is 46.5 Å². The van der Waals surface area contributed by atoms with Gasteiger partial charge in [0.25, 0.3) is 5.69 Å². The molecule has 2 aromatic rings. The number of non-ortho nitro benzene ring substituents is 1. The number of nitro benzene ring substituents is 1. The summed E-state index contributed by atoms with van der Waals surface area (Å²) in [6.07, 6.45) is 4.67. The largest absolute Gasteiger partial charge is 0.444 e. The quantitative estimate of drug-likeness (QED) is 0.509. The summed E-state index contributed by atoms with van der Waals surface area (Å²) in [6.45, 7) is 8.50. The summed E-state index contributed by atoms with van der Waals surface area (Å²) in [4.78, 5) is 40.1. The third kappa shape index (κ3) is 6.27. The molecule has 1 N–H and O–H groups in total. The number of nitro groups is 1. The van der Waals surface area contributed by atoms with E-state index in [0.717, 1.165) is 43.1 Å². The molecule has 0 aliphatic carbocycles. The second kappa shape index (κ2) is 10.2. The molecule has 0 radical (unpaired) electrons. The van der Waals surface area contributed by atoms with E-state index < -0.39 is 10.5 Å². The summed E-state index contributed by atoms with van der Waals surface area (Å²) < 4.78 is 7.24. The second-order valence-corrected chi connectivity index (χ2v) is 10.5. The van der Waals surface area contributed by atoms with Gasteiger partial charge in [-0.2, -0.15) is 5.10 Å². The van der Waals surface area contributed by atoms with E-state index in [1.807, 2.05) is 20.8 Å². The maximum Gasteiger partial charge on any atom is 0.410 e. The van der Waals surface area contributed by atoms with Crippen molar-refractivity contribution in [1.29, 1.82) is 0 Å². The summed E-state index contributed by atoms with van der Waals surface area (Å²) in [6, 6.07) is 4.74. The highest BCUT2D eigenvalue weighted by Crippen LogP contribution is 2.23. The summed E-state index contributed by atoms with van der Waals surface area (Å²) >= 11 is 0. The predicted octanol–water partition coefficient (Wildman–Crippen LogP) is 3.13. The van der Waals surface area contributed by atoms with Crippen LogP contribution in [-0.2, 0) is 16.2 Å². The normalized spacial score (nSPS) is 21.6. The zero-order chi connectivity index (χ0) is 25.2. The first-order valence-electron chi connectivity index (χ1n) is 12.2. The van der Waals surface area contributed by atoms with Crippen molar-refractivity contribution >= 4 is 28.6 Å². The molecule has 4 rings (SSSR count). The molecule has 2 saturated heterocycles. The molecule has 1 aromatic carbocycles. The number of nitrogens with zero attached hydrogens (tertiary/aromatic N) is 5. The van der Waals surface area contributed by atoms with E-state index in [1.165, 1.54) is 6.07 Å². The number of fused-ring (bicyclic) bond motifs is 1. The molecule has 11 nitrogen and oxygen atoms in total. The molecule has 3 heterocycles. The van der Waals surface area contributed by atoms with Crippen LogP contribution < -0.4 is 5.32 Å². The molecular weight excluding hydrogens is 452 g/mol. The SMILES string of the molecule is CC(C)(C)OC(=O)N1CCC[C@H](C(=O)N[C@@H]2CCCN(Cn3ncc4ccc([N+](=O)[O-])cc43)C2)C1. The minimum atomic E-state index is -0.567. The lowest BCUT2D eigenvalue weighted by Gasteiger charge is -2.36. The predicted molar refractivity (Wildman–Crippen MR) is 130 cm³/mol. The van der Waals surface area contributed by atoms with Crippen LogP contribution in [0.15, 0.2) is 24.4 Å². The second-order valence-electron chi connectivity index (χ2n) is 10.5. The number of aromatic nitrogens is 2. The Hall–Kier alpha value is -3.21. The number of nitrogens with one attached hydrogen (secondary N) is 1. The van der Waals surface area contributed by atoms with Gasteiger partial charge in [-0.05, 0) is 52.5 Å². The summed E-state index contributed by atoms with van der Waals surface area (Å²) in [7, 11) is 0. The average Bonchev–Trinajstić information content (AvgIpc) is 3.20. The lowest BCUT2D eigenvalue weighted by molar-refractivity contribution is -0.384. The number of carbonyl (C=O) groups is 2. The fraction of sp³-hybridized carbons (Fsp3) is 0.625. The van der Waals surface area contributed by atoms with E-state index in [4.69, 9.17) is 4.74 Å². The first-order valence-corrected chi connectivity index (χ1v) is 12.2. The number of rotatable bonds is 5. The number of likely N-dealkylation sites (tertiary alicyclic amines) is 2. The minimum absolute atomic E-state index is 0.00400. The number of piperidine rings is 2. The molecular formula is C24H34N6O5. The molecule has 2 atom stereocenters. The Bertz CT molecular complexity index is 1090. The van der Waals surface area contributed by atoms with Crippen molar-refractivity contribution in [3.63, 3.8) is 0 Å². The average molecular weight is 487 g/mol. The molecule has 190 valence electrons. The van der Waals surface area contributed by atoms with Crippen LogP contribution in [0.25, 0.3) is 10.9 Å². The number of hydrogen-bond acceptors (Lipinski definition) is 7. The Morgan fingerprint density at radius 1 is 1.20 bits per heavy atom. The lowest BCUT2D eigenvalue weighted by Crippen LogP contribution is -2.52. The van der Waals surface area contributed by atoms with E-state index in [2.05, 4.69) is 15.3 Å². The fourth-order valence-corrected chi connectivity index (χ4v) is 4.78. The Balaban J connectivity index is 1.33. The highest BCUT2D eigenvalue weighted by atomic mass is 16.6. The van der Waals surface area contributed by atoms with Crippen LogP contribution in [-0.4, -0.2) is 74.3 Å². The van der Waals surface area contributed by atoms with Crippen molar-refractivity contribution in [2.24, 2.45) is 5.92 Å². The summed E-state index contributed by atoms with van der Waals surface area (Å²) in [5, 5.41) is 19.6. The Labute approximate surface area is 204 Å². The van der Waals surface area contributed by atoms with E-state index in [0.29, 0.717) is 26.3 Å². The molecule has 2 aliphatic heterocycles. The van der Waals surface area contributed by atoms with Gasteiger partial charge in [-0.15, -0.1) is 0 Å². The maximum atomic E-state index is 13.0. The lowest BCUT2D eigenvalue weighted by atomic mass is 9.96. The zero-order valence-corrected chi connectivity index (χ0v) is 20.6. The topological polar surface area (TPSA) is 123 Å². The minimum Gasteiger partial charge on any atom is -0.444 e. The molecule has 0 spiro atoms. The van der Waals surface area contributed by atoms with Crippen molar-refractivity contribution in [2.75, 3.05) is 26.2 Å². The van der Waals surface area contributed by atoms with Gasteiger partial charge in [-0.3, -0.25) is 24.5 Å². The van der Waals surface area contributed by atoms with Crippen molar-refractivity contribution in [2.45, 2.75) is 64.8 Å². The van der Waals surface area contributed by atoms with Crippen LogP contribution >= 0.6 is 0 Å². The number of ether oxygens (including phenoxy) is 1. The van der Waals surface area contributed by atoms with E-state index >= 15 is 0 Å². The summed E-state index contributed by atoms with van der Waals surface area (Å²) in [5.41, 5.74) is 0.189. The van der Waals surface area contributed by atoms with Gasteiger partial charge in [0.2, 0.25) is 5.91 Å². The van der Waals surface area contributed by atoms with Gasteiger partial charge in [0.15, 0.2) is 0 Å². The third-order valence-corrected chi connectivity index (χ3v) is 6.47. The van der Waals surface area contributed by atoms with Crippen molar-refractivity contribution in [3.8, 4) is 0 Å². The number of carbonyl (C=O) groups excluding carboxylic acids is 2. The Morgan fingerprint density at radius 3 is 2.71 bits per heavy atom. The Morgan fingerprint density at radius 2 is 1.97 bits per heavy atom. The van der Waals surface area contributed by atoms with Gasteiger partial charge < -0.3 is 15.0 Å². The first kappa shape index (κ1) is 24.9. The van der Waals surface area contributed by atoms with E-state index in [9.17, 15) is 19.7 Å². The van der Waals surface area contributed by atoms with Crippen LogP contribution in [0.2, 0.25) is 0 Å². The maximum absolute atomic E-state index is 13.0. The molecule has 2 amide bonds. The van der Waals surface area contributed by atoms with Crippen LogP contribution in [0.3, 0.4) is 0 Å². The standard InChI is InChI=1S/C24H34N6O5/c1-24(2,3)35-23(32)28-11-4-6-18(14-28)22(31)26-19-7-5-10-27(15-19)16-29-21-12-20(30(33)34)9-8-17(21)13-25-29/h8-9,12-13,18-19H,4-7,10-11,14-16H2,1-3H3,(H,26,31)/t18-,19+/m0/s1. The third-order valence-electron chi connectivity index (χ3n) is 6.47. The van der Waals surface area contributed by atoms with E-state index in [-0.39, 0.29) is 29.6 Å². The number of hydrogen-bond donors (Lipinski definition) is 1. The molecule has 11 heteroatoms. The highest BCUT2D eigenvalue weighted by Gasteiger charge is 2.32. The summed E-state index contributed by atoms with van der Waals surface area (Å²) in [5.74, 6) is -0.271. The van der Waals surface area contributed by atoms with Crippen molar-refractivity contribution < 1.29 is 19.2 Å². The van der Waals surface area contributed by atoms with Crippen LogP contribution in [0.4, 0.5) is 10.5 Å². The van der Waals surface area contributed by atoms with E-state index in [1.54, 1.807) is 27.9 Å². The first-order chi connectivity index (χ1) is 16.6. The molecule has 1 aromatic heterocycles. The molecule has 35 heavy (non-hydrogen) atoms. The van der Waals surface area contributed by atoms with Crippen LogP contribution in [0.5, 0.6) is 0 Å². The van der Waals surface area contributed by atoms with Gasteiger partial charge in [0.05, 0.1) is 29.2 Å². The number of benzene rings is 1.